The average molecular weight is 281 g/mol. The lowest BCUT2D eigenvalue weighted by molar-refractivity contribution is 0.318. The quantitative estimate of drug-likeness (QED) is 0.879. The topological polar surface area (TPSA) is 21.3 Å². The molecule has 0 fully saturated rings. The number of anilines is 1. The van der Waals surface area contributed by atoms with Gasteiger partial charge in [0.1, 0.15) is 5.75 Å². The second kappa shape index (κ2) is 6.21. The number of hydrogen-bond acceptors (Lipinski definition) is 2. The van der Waals surface area contributed by atoms with Gasteiger partial charge in [0.15, 0.2) is 0 Å². The molecule has 0 atom stereocenters. The molecule has 0 spiro atoms. The van der Waals surface area contributed by atoms with Gasteiger partial charge in [-0.15, -0.1) is 0 Å². The number of fused-ring (bicyclic) bond motifs is 1. The van der Waals surface area contributed by atoms with Gasteiger partial charge in [-0.05, 0) is 55.0 Å². The Morgan fingerprint density at radius 1 is 1.10 bits per heavy atom. The lowest BCUT2D eigenvalue weighted by Crippen LogP contribution is -2.20. The second-order valence-corrected chi connectivity index (χ2v) is 5.87. The molecule has 3 rings (SSSR count). The molecule has 0 amide bonds. The summed E-state index contributed by atoms with van der Waals surface area (Å²) in [7, 11) is 0. The van der Waals surface area contributed by atoms with Crippen molar-refractivity contribution >= 4 is 5.69 Å². The third-order valence-electron chi connectivity index (χ3n) is 4.01. The number of nitrogens with one attached hydrogen (secondary N) is 1. The maximum Gasteiger partial charge on any atom is 0.142 e. The first kappa shape index (κ1) is 14.0. The first-order valence-electron chi connectivity index (χ1n) is 7.83. The molecule has 0 heterocycles. The predicted molar refractivity (Wildman–Crippen MR) is 88.2 cm³/mol. The molecule has 1 aliphatic rings. The van der Waals surface area contributed by atoms with Gasteiger partial charge in [-0.3, -0.25) is 0 Å². The predicted octanol–water partition coefficient (Wildman–Crippen LogP) is 4.36. The molecular formula is C19H23NO. The smallest absolute Gasteiger partial charge is 0.142 e. The highest BCUT2D eigenvalue weighted by Gasteiger charge is 2.21. The van der Waals surface area contributed by atoms with Crippen molar-refractivity contribution < 1.29 is 4.74 Å². The van der Waals surface area contributed by atoms with E-state index >= 15 is 0 Å². The molecule has 110 valence electrons. The maximum absolute atomic E-state index is 5.89. The van der Waals surface area contributed by atoms with Crippen molar-refractivity contribution in [3.63, 3.8) is 0 Å². The Morgan fingerprint density at radius 2 is 1.81 bits per heavy atom. The summed E-state index contributed by atoms with van der Waals surface area (Å²) in [5.74, 6) is 0.979. The van der Waals surface area contributed by atoms with Crippen LogP contribution < -0.4 is 10.1 Å². The van der Waals surface area contributed by atoms with Crippen molar-refractivity contribution in [3.8, 4) is 5.75 Å². The van der Waals surface area contributed by atoms with E-state index in [1.807, 2.05) is 0 Å². The Morgan fingerprint density at radius 3 is 2.48 bits per heavy atom. The van der Waals surface area contributed by atoms with Gasteiger partial charge < -0.3 is 10.1 Å². The van der Waals surface area contributed by atoms with E-state index in [-0.39, 0.29) is 0 Å². The summed E-state index contributed by atoms with van der Waals surface area (Å²) in [5.41, 5.74) is 5.30. The summed E-state index contributed by atoms with van der Waals surface area (Å²) in [6.45, 7) is 5.01. The summed E-state index contributed by atoms with van der Waals surface area (Å²) < 4.78 is 5.89. The molecule has 0 radical (unpaired) electrons. The third-order valence-corrected chi connectivity index (χ3v) is 4.01. The molecule has 1 aliphatic carbocycles. The van der Waals surface area contributed by atoms with Crippen LogP contribution in [0.2, 0.25) is 0 Å². The van der Waals surface area contributed by atoms with Crippen LogP contribution in [0.5, 0.6) is 5.75 Å². The van der Waals surface area contributed by atoms with E-state index in [1.54, 1.807) is 0 Å². The number of hydrogen-bond donors (Lipinski definition) is 1. The zero-order valence-electron chi connectivity index (χ0n) is 12.9. The van der Waals surface area contributed by atoms with Gasteiger partial charge in [0.2, 0.25) is 0 Å². The van der Waals surface area contributed by atoms with Gasteiger partial charge in [-0.25, -0.2) is 0 Å². The number of aryl methyl sites for hydroxylation is 1. The minimum Gasteiger partial charge on any atom is -0.491 e. The van der Waals surface area contributed by atoms with E-state index in [0.717, 1.165) is 37.3 Å². The zero-order valence-corrected chi connectivity index (χ0v) is 12.9. The lowest BCUT2D eigenvalue weighted by Gasteiger charge is -2.18. The van der Waals surface area contributed by atoms with Gasteiger partial charge in [-0.1, -0.05) is 37.3 Å². The molecule has 0 bridgehead atoms. The molecule has 21 heavy (non-hydrogen) atoms. The van der Waals surface area contributed by atoms with Crippen molar-refractivity contribution in [2.75, 3.05) is 11.9 Å². The summed E-state index contributed by atoms with van der Waals surface area (Å²) in [5, 5.41) is 3.67. The van der Waals surface area contributed by atoms with E-state index in [4.69, 9.17) is 4.74 Å². The van der Waals surface area contributed by atoms with Gasteiger partial charge in [-0.2, -0.15) is 0 Å². The summed E-state index contributed by atoms with van der Waals surface area (Å²) >= 11 is 0. The number of rotatable bonds is 5. The van der Waals surface area contributed by atoms with Crippen molar-refractivity contribution in [3.05, 3.63) is 59.2 Å². The van der Waals surface area contributed by atoms with E-state index < -0.39 is 0 Å². The summed E-state index contributed by atoms with van der Waals surface area (Å²) in [4.78, 5) is 0. The lowest BCUT2D eigenvalue weighted by atomic mass is 10.1. The van der Waals surface area contributed by atoms with E-state index in [9.17, 15) is 0 Å². The molecule has 1 N–H and O–H groups in total. The highest BCUT2D eigenvalue weighted by molar-refractivity contribution is 5.59. The highest BCUT2D eigenvalue weighted by atomic mass is 16.5. The first-order valence-corrected chi connectivity index (χ1v) is 7.83. The fraction of sp³-hybridized carbons (Fsp3) is 0.368. The Bertz CT molecular complexity index is 596. The first-order chi connectivity index (χ1) is 10.3. The normalized spacial score (nSPS) is 14.0. The van der Waals surface area contributed by atoms with Gasteiger partial charge in [0, 0.05) is 6.04 Å². The number of ether oxygens (including phenoxy) is 1. The molecule has 2 heteroatoms. The van der Waals surface area contributed by atoms with Crippen molar-refractivity contribution in [2.24, 2.45) is 0 Å². The van der Waals surface area contributed by atoms with Gasteiger partial charge in [0.25, 0.3) is 0 Å². The number of benzene rings is 2. The molecule has 0 saturated carbocycles. The van der Waals surface area contributed by atoms with Crippen LogP contribution in [0.3, 0.4) is 0 Å². The van der Waals surface area contributed by atoms with Crippen LogP contribution in [0.15, 0.2) is 42.5 Å². The van der Waals surface area contributed by atoms with Crippen LogP contribution >= 0.6 is 0 Å². The van der Waals surface area contributed by atoms with Crippen LogP contribution in [-0.4, -0.2) is 12.6 Å². The Hall–Kier alpha value is -1.96. The van der Waals surface area contributed by atoms with Crippen molar-refractivity contribution in [1.29, 1.82) is 0 Å². The van der Waals surface area contributed by atoms with Crippen LogP contribution in [0.1, 0.15) is 30.0 Å². The van der Waals surface area contributed by atoms with Crippen LogP contribution in [-0.2, 0) is 12.8 Å². The molecule has 0 aliphatic heterocycles. The van der Waals surface area contributed by atoms with Crippen LogP contribution in [0.25, 0.3) is 0 Å². The Labute approximate surface area is 127 Å². The standard InChI is InChI=1S/C19H23NO/c1-3-10-21-19-11-14(2)8-9-18(19)20-17-12-15-6-4-5-7-16(15)13-17/h4-9,11,17,20H,3,10,12-13H2,1-2H3. The molecule has 2 nitrogen and oxygen atoms in total. The summed E-state index contributed by atoms with van der Waals surface area (Å²) in [6.07, 6.45) is 3.22. The fourth-order valence-electron chi connectivity index (χ4n) is 2.96. The van der Waals surface area contributed by atoms with Crippen molar-refractivity contribution in [2.45, 2.75) is 39.2 Å². The molecular weight excluding hydrogens is 258 g/mol. The SMILES string of the molecule is CCCOc1cc(C)ccc1NC1Cc2ccccc2C1. The maximum atomic E-state index is 5.89. The third kappa shape index (κ3) is 3.21. The van der Waals surface area contributed by atoms with E-state index in [1.165, 1.54) is 16.7 Å². The molecule has 0 unspecified atom stereocenters. The van der Waals surface area contributed by atoms with Gasteiger partial charge in [0.05, 0.1) is 12.3 Å². The van der Waals surface area contributed by atoms with Crippen LogP contribution in [0.4, 0.5) is 5.69 Å². The molecule has 2 aromatic rings. The summed E-state index contributed by atoms with van der Waals surface area (Å²) in [6, 6.07) is 15.6. The molecule has 0 saturated heterocycles. The Kier molecular flexibility index (Phi) is 4.14. The van der Waals surface area contributed by atoms with Crippen molar-refractivity contribution in [1.82, 2.24) is 0 Å². The molecule has 2 aromatic carbocycles. The van der Waals surface area contributed by atoms with Crippen LogP contribution in [0, 0.1) is 6.92 Å². The highest BCUT2D eigenvalue weighted by Crippen LogP contribution is 2.30. The van der Waals surface area contributed by atoms with Gasteiger partial charge >= 0.3 is 0 Å². The minimum atomic E-state index is 0.467. The average Bonchev–Trinajstić information content (AvgIpc) is 2.89. The zero-order chi connectivity index (χ0) is 14.7. The fourth-order valence-corrected chi connectivity index (χ4v) is 2.96. The molecule has 0 aromatic heterocycles. The van der Waals surface area contributed by atoms with E-state index in [2.05, 4.69) is 61.6 Å². The largest absolute Gasteiger partial charge is 0.491 e. The Balaban J connectivity index is 1.74. The minimum absolute atomic E-state index is 0.467. The van der Waals surface area contributed by atoms with E-state index in [0.29, 0.717) is 6.04 Å². The monoisotopic (exact) mass is 281 g/mol. The second-order valence-electron chi connectivity index (χ2n) is 5.87.